The van der Waals surface area contributed by atoms with Crippen molar-refractivity contribution in [3.05, 3.63) is 29.8 Å². The van der Waals surface area contributed by atoms with Crippen LogP contribution in [0.1, 0.15) is 38.7 Å². The van der Waals surface area contributed by atoms with Gasteiger partial charge in [0.05, 0.1) is 5.25 Å². The SMILES string of the molecule is COCCC(C)S(=O)(=O)Oc1cccc(C(C)C)c1. The summed E-state index contributed by atoms with van der Waals surface area (Å²) in [6.45, 7) is 6.13. The van der Waals surface area contributed by atoms with Crippen molar-refractivity contribution in [2.75, 3.05) is 13.7 Å². The summed E-state index contributed by atoms with van der Waals surface area (Å²) in [4.78, 5) is 0. The predicted molar refractivity (Wildman–Crippen MR) is 76.0 cm³/mol. The van der Waals surface area contributed by atoms with Gasteiger partial charge < -0.3 is 8.92 Å². The molecule has 1 rings (SSSR count). The lowest BCUT2D eigenvalue weighted by Gasteiger charge is -2.14. The Morgan fingerprint density at radius 2 is 1.89 bits per heavy atom. The van der Waals surface area contributed by atoms with Crippen molar-refractivity contribution in [2.24, 2.45) is 0 Å². The topological polar surface area (TPSA) is 52.6 Å². The van der Waals surface area contributed by atoms with E-state index < -0.39 is 15.4 Å². The number of rotatable bonds is 7. The van der Waals surface area contributed by atoms with E-state index >= 15 is 0 Å². The fraction of sp³-hybridized carbons (Fsp3) is 0.571. The summed E-state index contributed by atoms with van der Waals surface area (Å²) in [6.07, 6.45) is 0.419. The van der Waals surface area contributed by atoms with Crippen LogP contribution in [-0.2, 0) is 14.9 Å². The normalized spacial score (nSPS) is 13.5. The van der Waals surface area contributed by atoms with E-state index in [-0.39, 0.29) is 0 Å². The summed E-state index contributed by atoms with van der Waals surface area (Å²) in [7, 11) is -2.06. The second kappa shape index (κ2) is 6.91. The summed E-state index contributed by atoms with van der Waals surface area (Å²) in [5.74, 6) is 0.702. The third-order valence-corrected chi connectivity index (χ3v) is 4.60. The Bertz CT molecular complexity index is 494. The maximum absolute atomic E-state index is 12.0. The molecule has 1 atom stereocenters. The first kappa shape index (κ1) is 16.0. The average Bonchev–Trinajstić information content (AvgIpc) is 2.35. The van der Waals surface area contributed by atoms with Crippen LogP contribution < -0.4 is 4.18 Å². The number of benzene rings is 1. The molecule has 0 saturated carbocycles. The van der Waals surface area contributed by atoms with Crippen molar-refractivity contribution < 1.29 is 17.3 Å². The third kappa shape index (κ3) is 4.84. The molecule has 0 spiro atoms. The molecule has 1 unspecified atom stereocenters. The number of hydrogen-bond donors (Lipinski definition) is 0. The van der Waals surface area contributed by atoms with Crippen molar-refractivity contribution in [1.29, 1.82) is 0 Å². The highest BCUT2D eigenvalue weighted by Gasteiger charge is 2.22. The van der Waals surface area contributed by atoms with Crippen LogP contribution in [0.2, 0.25) is 0 Å². The molecular formula is C14H22O4S. The lowest BCUT2D eigenvalue weighted by molar-refractivity contribution is 0.194. The Morgan fingerprint density at radius 1 is 1.21 bits per heavy atom. The summed E-state index contributed by atoms with van der Waals surface area (Å²) in [5, 5.41) is -0.588. The van der Waals surface area contributed by atoms with Gasteiger partial charge in [-0.15, -0.1) is 0 Å². The van der Waals surface area contributed by atoms with Gasteiger partial charge in [-0.25, -0.2) is 0 Å². The maximum Gasteiger partial charge on any atom is 0.311 e. The highest BCUT2D eigenvalue weighted by Crippen LogP contribution is 2.22. The highest BCUT2D eigenvalue weighted by molar-refractivity contribution is 7.87. The van der Waals surface area contributed by atoms with Gasteiger partial charge >= 0.3 is 10.1 Å². The van der Waals surface area contributed by atoms with E-state index in [9.17, 15) is 8.42 Å². The molecule has 0 radical (unpaired) electrons. The molecular weight excluding hydrogens is 264 g/mol. The third-order valence-electron chi connectivity index (χ3n) is 2.96. The molecule has 0 aliphatic heterocycles. The molecule has 0 N–H and O–H groups in total. The van der Waals surface area contributed by atoms with Crippen LogP contribution in [0.4, 0.5) is 0 Å². The average molecular weight is 286 g/mol. The van der Waals surface area contributed by atoms with Gasteiger partial charge in [-0.3, -0.25) is 0 Å². The molecule has 1 aromatic carbocycles. The summed E-state index contributed by atoms with van der Waals surface area (Å²) in [5.41, 5.74) is 1.05. The Kier molecular flexibility index (Phi) is 5.82. The van der Waals surface area contributed by atoms with E-state index in [4.69, 9.17) is 8.92 Å². The van der Waals surface area contributed by atoms with E-state index in [2.05, 4.69) is 13.8 Å². The van der Waals surface area contributed by atoms with Crippen molar-refractivity contribution in [1.82, 2.24) is 0 Å². The molecule has 0 saturated heterocycles. The van der Waals surface area contributed by atoms with E-state index in [1.165, 1.54) is 0 Å². The quantitative estimate of drug-likeness (QED) is 0.723. The van der Waals surface area contributed by atoms with Gasteiger partial charge in [-0.2, -0.15) is 8.42 Å². The van der Waals surface area contributed by atoms with Crippen LogP contribution in [0.15, 0.2) is 24.3 Å². The number of methoxy groups -OCH3 is 1. The lowest BCUT2D eigenvalue weighted by Crippen LogP contribution is -2.24. The molecule has 5 heteroatoms. The Morgan fingerprint density at radius 3 is 2.47 bits per heavy atom. The van der Waals surface area contributed by atoms with Crippen LogP contribution >= 0.6 is 0 Å². The first-order valence-electron chi connectivity index (χ1n) is 6.39. The maximum atomic E-state index is 12.0. The first-order valence-corrected chi connectivity index (χ1v) is 7.86. The molecule has 0 bridgehead atoms. The molecule has 0 amide bonds. The second-order valence-electron chi connectivity index (χ2n) is 4.90. The van der Waals surface area contributed by atoms with Crippen LogP contribution in [-0.4, -0.2) is 27.4 Å². The van der Waals surface area contributed by atoms with Gasteiger partial charge in [0.2, 0.25) is 0 Å². The van der Waals surface area contributed by atoms with E-state index in [1.807, 2.05) is 6.07 Å². The highest BCUT2D eigenvalue weighted by atomic mass is 32.2. The molecule has 0 fully saturated rings. The molecule has 1 aromatic rings. The lowest BCUT2D eigenvalue weighted by atomic mass is 10.0. The van der Waals surface area contributed by atoms with E-state index in [0.717, 1.165) is 5.56 Å². The Balaban J connectivity index is 2.80. The van der Waals surface area contributed by atoms with E-state index in [1.54, 1.807) is 32.2 Å². The molecule has 0 aliphatic carbocycles. The minimum Gasteiger partial charge on any atom is -0.385 e. The van der Waals surface area contributed by atoms with Crippen LogP contribution in [0.3, 0.4) is 0 Å². The van der Waals surface area contributed by atoms with Crippen molar-refractivity contribution in [3.8, 4) is 5.75 Å². The zero-order chi connectivity index (χ0) is 14.5. The zero-order valence-corrected chi connectivity index (χ0v) is 12.7. The van der Waals surface area contributed by atoms with Crippen molar-refractivity contribution in [3.63, 3.8) is 0 Å². The summed E-state index contributed by atoms with van der Waals surface area (Å²) in [6, 6.07) is 7.19. The number of hydrogen-bond acceptors (Lipinski definition) is 4. The fourth-order valence-corrected chi connectivity index (χ4v) is 2.49. The van der Waals surface area contributed by atoms with Crippen molar-refractivity contribution in [2.45, 2.75) is 38.4 Å². The monoisotopic (exact) mass is 286 g/mol. The number of ether oxygens (including phenoxy) is 1. The van der Waals surface area contributed by atoms with Crippen LogP contribution in [0, 0.1) is 0 Å². The molecule has 0 heterocycles. The van der Waals surface area contributed by atoms with Gasteiger partial charge in [-0.05, 0) is 37.0 Å². The standard InChI is InChI=1S/C14H22O4S/c1-11(2)13-6-5-7-14(10-13)18-19(15,16)12(3)8-9-17-4/h5-7,10-12H,8-9H2,1-4H3. The molecule has 0 aliphatic rings. The van der Waals surface area contributed by atoms with Gasteiger partial charge in [0.25, 0.3) is 0 Å². The van der Waals surface area contributed by atoms with E-state index in [0.29, 0.717) is 24.7 Å². The van der Waals surface area contributed by atoms with Crippen LogP contribution in [0.25, 0.3) is 0 Å². The largest absolute Gasteiger partial charge is 0.385 e. The molecule has 108 valence electrons. The fourth-order valence-electron chi connectivity index (χ4n) is 1.57. The summed E-state index contributed by atoms with van der Waals surface area (Å²) < 4.78 is 34.1. The minimum atomic E-state index is -3.61. The Labute approximate surface area is 115 Å². The summed E-state index contributed by atoms with van der Waals surface area (Å²) >= 11 is 0. The van der Waals surface area contributed by atoms with Crippen molar-refractivity contribution >= 4 is 10.1 Å². The smallest absolute Gasteiger partial charge is 0.311 e. The van der Waals surface area contributed by atoms with Gasteiger partial charge in [0.15, 0.2) is 0 Å². The molecule has 19 heavy (non-hydrogen) atoms. The van der Waals surface area contributed by atoms with Gasteiger partial charge in [0, 0.05) is 13.7 Å². The molecule has 4 nitrogen and oxygen atoms in total. The minimum absolute atomic E-state index is 0.331. The zero-order valence-electron chi connectivity index (χ0n) is 11.9. The predicted octanol–water partition coefficient (Wildman–Crippen LogP) is 2.94. The van der Waals surface area contributed by atoms with Gasteiger partial charge in [0.1, 0.15) is 5.75 Å². The van der Waals surface area contributed by atoms with Crippen LogP contribution in [0.5, 0.6) is 5.75 Å². The second-order valence-corrected chi connectivity index (χ2v) is 6.85. The molecule has 0 aromatic heterocycles. The Hall–Kier alpha value is -1.07. The first-order chi connectivity index (χ1) is 8.86. The van der Waals surface area contributed by atoms with Gasteiger partial charge in [-0.1, -0.05) is 26.0 Å².